The minimum atomic E-state index is -2.75. The van der Waals surface area contributed by atoms with E-state index in [0.717, 1.165) is 26.1 Å². The molecule has 5 heteroatoms. The fourth-order valence-electron chi connectivity index (χ4n) is 3.66. The van der Waals surface area contributed by atoms with E-state index in [2.05, 4.69) is 31.0 Å². The summed E-state index contributed by atoms with van der Waals surface area (Å²) in [5.74, 6) is 1.76. The average molecular weight is 302 g/mol. The van der Waals surface area contributed by atoms with Crippen LogP contribution in [0.4, 0.5) is 0 Å². The first-order valence-corrected chi connectivity index (χ1v) is 9.91. The molecule has 1 N–H and O–H groups in total. The number of rotatable bonds is 5. The van der Waals surface area contributed by atoms with Gasteiger partial charge in [0.05, 0.1) is 11.5 Å². The van der Waals surface area contributed by atoms with Crippen LogP contribution in [0, 0.1) is 11.8 Å². The number of piperazine rings is 1. The van der Waals surface area contributed by atoms with Crippen LogP contribution < -0.4 is 5.32 Å². The van der Waals surface area contributed by atoms with Crippen LogP contribution >= 0.6 is 0 Å². The average Bonchev–Trinajstić information content (AvgIpc) is 2.69. The molecule has 3 atom stereocenters. The zero-order valence-corrected chi connectivity index (χ0v) is 14.0. The summed E-state index contributed by atoms with van der Waals surface area (Å²) in [6, 6.07) is 1.12. The molecule has 0 aliphatic carbocycles. The summed E-state index contributed by atoms with van der Waals surface area (Å²) in [6.07, 6.45) is 3.27. The number of hydrogen-bond donors (Lipinski definition) is 1. The molecule has 0 amide bonds. The van der Waals surface area contributed by atoms with Gasteiger partial charge < -0.3 is 5.32 Å². The third-order valence-corrected chi connectivity index (χ3v) is 6.60. The third-order valence-electron chi connectivity index (χ3n) is 4.77. The van der Waals surface area contributed by atoms with Crippen molar-refractivity contribution in [1.29, 1.82) is 0 Å². The lowest BCUT2D eigenvalue weighted by Crippen LogP contribution is -2.59. The fourth-order valence-corrected chi connectivity index (χ4v) is 5.51. The molecule has 2 rings (SSSR count). The lowest BCUT2D eigenvalue weighted by Gasteiger charge is -2.43. The van der Waals surface area contributed by atoms with Crippen LogP contribution in [-0.4, -0.2) is 56.5 Å². The number of hydrogen-bond acceptors (Lipinski definition) is 4. The zero-order valence-electron chi connectivity index (χ0n) is 13.1. The van der Waals surface area contributed by atoms with Gasteiger partial charge in [-0.1, -0.05) is 27.2 Å². The second-order valence-electron chi connectivity index (χ2n) is 6.93. The summed E-state index contributed by atoms with van der Waals surface area (Å²) in [5.41, 5.74) is 0. The van der Waals surface area contributed by atoms with Crippen molar-refractivity contribution < 1.29 is 8.42 Å². The van der Waals surface area contributed by atoms with Crippen LogP contribution in [0.15, 0.2) is 0 Å². The van der Waals surface area contributed by atoms with Crippen molar-refractivity contribution in [2.24, 2.45) is 11.8 Å². The monoisotopic (exact) mass is 302 g/mol. The van der Waals surface area contributed by atoms with Gasteiger partial charge in [0.25, 0.3) is 0 Å². The van der Waals surface area contributed by atoms with Crippen molar-refractivity contribution in [2.45, 2.75) is 52.1 Å². The summed E-state index contributed by atoms with van der Waals surface area (Å²) in [6.45, 7) is 9.85. The summed E-state index contributed by atoms with van der Waals surface area (Å²) >= 11 is 0. The quantitative estimate of drug-likeness (QED) is 0.836. The third kappa shape index (κ3) is 4.18. The predicted octanol–water partition coefficient (Wildman–Crippen LogP) is 1.52. The molecular formula is C15H30N2O2S. The number of sulfone groups is 1. The van der Waals surface area contributed by atoms with Crippen molar-refractivity contribution in [3.05, 3.63) is 0 Å². The van der Waals surface area contributed by atoms with Gasteiger partial charge in [-0.3, -0.25) is 4.90 Å². The van der Waals surface area contributed by atoms with E-state index in [1.54, 1.807) is 0 Å². The highest BCUT2D eigenvalue weighted by Gasteiger charge is 2.34. The Morgan fingerprint density at radius 2 is 2.10 bits per heavy atom. The highest BCUT2D eigenvalue weighted by molar-refractivity contribution is 7.91. The van der Waals surface area contributed by atoms with Crippen LogP contribution in [-0.2, 0) is 9.84 Å². The maximum atomic E-state index is 11.6. The lowest BCUT2D eigenvalue weighted by molar-refractivity contribution is 0.0825. The van der Waals surface area contributed by atoms with Crippen molar-refractivity contribution in [1.82, 2.24) is 10.2 Å². The minimum absolute atomic E-state index is 0.349. The summed E-state index contributed by atoms with van der Waals surface area (Å²) < 4.78 is 23.3. The number of nitrogens with zero attached hydrogens (tertiary/aromatic N) is 1. The van der Waals surface area contributed by atoms with Crippen molar-refractivity contribution in [3.8, 4) is 0 Å². The van der Waals surface area contributed by atoms with Gasteiger partial charge in [-0.05, 0) is 24.7 Å². The molecule has 2 aliphatic heterocycles. The Labute approximate surface area is 124 Å². The summed E-state index contributed by atoms with van der Waals surface area (Å²) in [4.78, 5) is 2.56. The minimum Gasteiger partial charge on any atom is -0.311 e. The van der Waals surface area contributed by atoms with E-state index < -0.39 is 9.84 Å². The first-order valence-electron chi connectivity index (χ1n) is 8.09. The highest BCUT2D eigenvalue weighted by atomic mass is 32.2. The second-order valence-corrected chi connectivity index (χ2v) is 9.16. The summed E-state index contributed by atoms with van der Waals surface area (Å²) in [7, 11) is -2.75. The van der Waals surface area contributed by atoms with Gasteiger partial charge in [0, 0.05) is 31.7 Å². The van der Waals surface area contributed by atoms with E-state index in [1.807, 2.05) is 0 Å². The van der Waals surface area contributed by atoms with E-state index in [4.69, 9.17) is 0 Å². The first-order chi connectivity index (χ1) is 9.41. The molecule has 4 nitrogen and oxygen atoms in total. The van der Waals surface area contributed by atoms with Crippen molar-refractivity contribution in [2.75, 3.05) is 31.1 Å². The molecule has 2 aliphatic rings. The van der Waals surface area contributed by atoms with E-state index in [0.29, 0.717) is 35.4 Å². The molecule has 0 saturated carbocycles. The van der Waals surface area contributed by atoms with Crippen LogP contribution in [0.3, 0.4) is 0 Å². The molecule has 2 saturated heterocycles. The molecular weight excluding hydrogens is 272 g/mol. The molecule has 0 aromatic rings. The SMILES string of the molecule is CCCC1CN(CC2CCS(=O)(=O)C2)C(C(C)C)CN1. The fraction of sp³-hybridized carbons (Fsp3) is 1.00. The Balaban J connectivity index is 1.96. The maximum Gasteiger partial charge on any atom is 0.150 e. The van der Waals surface area contributed by atoms with Gasteiger partial charge in [0.1, 0.15) is 0 Å². The van der Waals surface area contributed by atoms with Gasteiger partial charge in [-0.15, -0.1) is 0 Å². The summed E-state index contributed by atoms with van der Waals surface area (Å²) in [5, 5.41) is 3.66. The van der Waals surface area contributed by atoms with Crippen molar-refractivity contribution in [3.63, 3.8) is 0 Å². The first kappa shape index (κ1) is 16.2. The van der Waals surface area contributed by atoms with Gasteiger partial charge in [-0.2, -0.15) is 0 Å². The Bertz CT molecular complexity index is 408. The van der Waals surface area contributed by atoms with Gasteiger partial charge in [0.15, 0.2) is 9.84 Å². The van der Waals surface area contributed by atoms with Crippen LogP contribution in [0.2, 0.25) is 0 Å². The largest absolute Gasteiger partial charge is 0.311 e. The zero-order chi connectivity index (χ0) is 14.8. The molecule has 2 fully saturated rings. The molecule has 0 bridgehead atoms. The topological polar surface area (TPSA) is 49.4 Å². The normalized spacial score (nSPS) is 34.7. The highest BCUT2D eigenvalue weighted by Crippen LogP contribution is 2.24. The Morgan fingerprint density at radius 1 is 1.35 bits per heavy atom. The van der Waals surface area contributed by atoms with E-state index in [-0.39, 0.29) is 0 Å². The maximum absolute atomic E-state index is 11.6. The number of nitrogens with one attached hydrogen (secondary N) is 1. The van der Waals surface area contributed by atoms with Gasteiger partial charge in [-0.25, -0.2) is 8.42 Å². The Hall–Kier alpha value is -0.130. The molecule has 3 unspecified atom stereocenters. The van der Waals surface area contributed by atoms with Gasteiger partial charge >= 0.3 is 0 Å². The predicted molar refractivity (Wildman–Crippen MR) is 83.7 cm³/mol. The van der Waals surface area contributed by atoms with Crippen molar-refractivity contribution >= 4 is 9.84 Å². The second kappa shape index (κ2) is 6.75. The smallest absolute Gasteiger partial charge is 0.150 e. The molecule has 118 valence electrons. The van der Waals surface area contributed by atoms with Crippen LogP contribution in [0.5, 0.6) is 0 Å². The van der Waals surface area contributed by atoms with E-state index in [9.17, 15) is 8.42 Å². The Kier molecular flexibility index (Phi) is 5.49. The molecule has 0 aromatic carbocycles. The Morgan fingerprint density at radius 3 is 2.65 bits per heavy atom. The van der Waals surface area contributed by atoms with Gasteiger partial charge in [0.2, 0.25) is 0 Å². The van der Waals surface area contributed by atoms with Crippen LogP contribution in [0.1, 0.15) is 40.0 Å². The van der Waals surface area contributed by atoms with E-state index in [1.165, 1.54) is 12.8 Å². The molecule has 0 aromatic heterocycles. The molecule has 0 spiro atoms. The molecule has 0 radical (unpaired) electrons. The van der Waals surface area contributed by atoms with Crippen LogP contribution in [0.25, 0.3) is 0 Å². The molecule has 2 heterocycles. The standard InChI is InChI=1S/C15H30N2O2S/c1-4-5-14-10-17(15(8-16-14)12(2)3)9-13-6-7-20(18,19)11-13/h12-16H,4-11H2,1-3H3. The van der Waals surface area contributed by atoms with E-state index >= 15 is 0 Å². The lowest BCUT2D eigenvalue weighted by atomic mass is 9.95. The molecule has 20 heavy (non-hydrogen) atoms.